The monoisotopic (exact) mass is 971 g/mol. The molecule has 0 aromatic heterocycles. The average Bonchev–Trinajstić information content (AvgIpc) is 3.36. The molecule has 6 nitrogen and oxygen atoms in total. The minimum Gasteiger partial charge on any atom is -0.462 e. The maximum Gasteiger partial charge on any atom is 0.306 e. The smallest absolute Gasteiger partial charge is 0.306 e. The summed E-state index contributed by atoms with van der Waals surface area (Å²) in [6.07, 6.45) is 77.9. The van der Waals surface area contributed by atoms with Crippen molar-refractivity contribution in [3.05, 3.63) is 109 Å². The molecule has 0 bridgehead atoms. The van der Waals surface area contributed by atoms with Crippen molar-refractivity contribution in [3.8, 4) is 0 Å². The predicted octanol–water partition coefficient (Wildman–Crippen LogP) is 19.5. The van der Waals surface area contributed by atoms with Gasteiger partial charge >= 0.3 is 17.9 Å². The highest BCUT2D eigenvalue weighted by atomic mass is 16.6. The second kappa shape index (κ2) is 57.6. The minimum atomic E-state index is -0.799. The van der Waals surface area contributed by atoms with Crippen molar-refractivity contribution in [3.63, 3.8) is 0 Å². The summed E-state index contributed by atoms with van der Waals surface area (Å²) in [5.74, 6) is -0.930. The Balaban J connectivity index is 4.45. The van der Waals surface area contributed by atoms with Gasteiger partial charge < -0.3 is 14.2 Å². The molecular formula is C64H106O6. The van der Waals surface area contributed by atoms with Crippen LogP contribution in [-0.2, 0) is 28.6 Å². The third-order valence-electron chi connectivity index (χ3n) is 12.1. The van der Waals surface area contributed by atoms with Crippen LogP contribution in [0.2, 0.25) is 0 Å². The Morgan fingerprint density at radius 2 is 0.629 bits per heavy atom. The van der Waals surface area contributed by atoms with Crippen LogP contribution in [-0.4, -0.2) is 37.2 Å². The number of carbonyl (C=O) groups excluding carboxylic acids is 3. The van der Waals surface area contributed by atoms with E-state index in [4.69, 9.17) is 14.2 Å². The Morgan fingerprint density at radius 3 is 1.03 bits per heavy atom. The molecule has 0 spiro atoms. The number of esters is 3. The number of hydrogen-bond donors (Lipinski definition) is 0. The van der Waals surface area contributed by atoms with E-state index in [0.29, 0.717) is 19.3 Å². The van der Waals surface area contributed by atoms with Gasteiger partial charge in [0.2, 0.25) is 0 Å². The third kappa shape index (κ3) is 55.0. The zero-order chi connectivity index (χ0) is 50.7. The van der Waals surface area contributed by atoms with Crippen LogP contribution in [0.1, 0.15) is 258 Å². The van der Waals surface area contributed by atoms with Crippen molar-refractivity contribution in [1.82, 2.24) is 0 Å². The first kappa shape index (κ1) is 66.1. The van der Waals surface area contributed by atoms with Crippen LogP contribution >= 0.6 is 0 Å². The van der Waals surface area contributed by atoms with Crippen LogP contribution in [0.4, 0.5) is 0 Å². The zero-order valence-electron chi connectivity index (χ0n) is 45.5. The lowest BCUT2D eigenvalue weighted by Gasteiger charge is -2.18. The van der Waals surface area contributed by atoms with Gasteiger partial charge in [-0.25, -0.2) is 0 Å². The van der Waals surface area contributed by atoms with Crippen LogP contribution in [0.3, 0.4) is 0 Å². The van der Waals surface area contributed by atoms with Gasteiger partial charge in [-0.05, 0) is 96.3 Å². The Bertz CT molecular complexity index is 1440. The second-order valence-electron chi connectivity index (χ2n) is 18.9. The normalized spacial score (nSPS) is 12.9. The van der Waals surface area contributed by atoms with Crippen molar-refractivity contribution in [1.29, 1.82) is 0 Å². The largest absolute Gasteiger partial charge is 0.462 e. The van der Waals surface area contributed by atoms with Crippen LogP contribution in [0.15, 0.2) is 109 Å². The lowest BCUT2D eigenvalue weighted by atomic mass is 10.1. The van der Waals surface area contributed by atoms with E-state index in [2.05, 4.69) is 130 Å². The van der Waals surface area contributed by atoms with Gasteiger partial charge in [0.15, 0.2) is 6.10 Å². The van der Waals surface area contributed by atoms with E-state index in [1.54, 1.807) is 0 Å². The summed E-state index contributed by atoms with van der Waals surface area (Å²) in [7, 11) is 0. The molecule has 0 fully saturated rings. The van der Waals surface area contributed by atoms with Crippen molar-refractivity contribution >= 4 is 17.9 Å². The van der Waals surface area contributed by atoms with Gasteiger partial charge in [-0.2, -0.15) is 0 Å². The van der Waals surface area contributed by atoms with Gasteiger partial charge in [0.05, 0.1) is 0 Å². The summed E-state index contributed by atoms with van der Waals surface area (Å²) >= 11 is 0. The fourth-order valence-electron chi connectivity index (χ4n) is 7.81. The summed E-state index contributed by atoms with van der Waals surface area (Å²) in [5, 5.41) is 0. The van der Waals surface area contributed by atoms with E-state index < -0.39 is 6.10 Å². The zero-order valence-corrected chi connectivity index (χ0v) is 45.5. The first-order chi connectivity index (χ1) is 34.5. The molecule has 70 heavy (non-hydrogen) atoms. The van der Waals surface area contributed by atoms with Crippen LogP contribution < -0.4 is 0 Å². The number of ether oxygens (including phenoxy) is 3. The molecule has 0 aliphatic carbocycles. The van der Waals surface area contributed by atoms with E-state index >= 15 is 0 Å². The molecule has 0 radical (unpaired) electrons. The summed E-state index contributed by atoms with van der Waals surface area (Å²) in [6.45, 7) is 6.36. The number of carbonyl (C=O) groups is 3. The quantitative estimate of drug-likeness (QED) is 0.0199. The first-order valence-electron chi connectivity index (χ1n) is 29.0. The molecule has 6 heteroatoms. The van der Waals surface area contributed by atoms with Gasteiger partial charge in [-0.3, -0.25) is 14.4 Å². The maximum absolute atomic E-state index is 12.9. The number of rotatable bonds is 51. The SMILES string of the molecule is CC\C=C/C=C\C=C/CCCCCCCCCC(=O)OCC(COC(=O)CCCCCCCCCCC/C=C\C/C=C\C/C=C\CC)OC(=O)CCCCCCC\C=C/C=C\C=C/CCCCCCC. The molecule has 0 aromatic carbocycles. The summed E-state index contributed by atoms with van der Waals surface area (Å²) in [6, 6.07) is 0. The average molecular weight is 972 g/mol. The standard InChI is InChI=1S/C64H106O6/c1-4-7-10-13-16-19-22-25-28-30-32-34-36-39-42-45-48-51-54-57-63(66)69-60-61(59-68-62(65)56-53-50-47-44-41-38-35-27-24-21-18-15-12-9-6-3)70-64(67)58-55-52-49-46-43-40-37-33-31-29-26-23-20-17-14-11-8-5-2/h7,9-10,12,15-16,18-19,21,23-26,28-29,31,33,37,61H,4-6,8,11,13-14,17,20,22,27,30,32,34-36,38-60H2,1-3H3/b10-7-,12-9-,18-15-,19-16-,24-21-,26-23-,28-25-,31-29-,37-33-. The Hall–Kier alpha value is -3.93. The molecule has 1 unspecified atom stereocenters. The predicted molar refractivity (Wildman–Crippen MR) is 302 cm³/mol. The van der Waals surface area contributed by atoms with Crippen LogP contribution in [0.5, 0.6) is 0 Å². The molecule has 398 valence electrons. The van der Waals surface area contributed by atoms with Crippen molar-refractivity contribution < 1.29 is 28.6 Å². The van der Waals surface area contributed by atoms with Gasteiger partial charge in [-0.15, -0.1) is 0 Å². The summed E-state index contributed by atoms with van der Waals surface area (Å²) in [4.78, 5) is 38.2. The Morgan fingerprint density at radius 1 is 0.314 bits per heavy atom. The maximum atomic E-state index is 12.9. The molecular weight excluding hydrogens is 865 g/mol. The third-order valence-corrected chi connectivity index (χ3v) is 12.1. The van der Waals surface area contributed by atoms with Crippen molar-refractivity contribution in [2.75, 3.05) is 13.2 Å². The fraction of sp³-hybridized carbons (Fsp3) is 0.672. The number of unbranched alkanes of at least 4 members (excludes halogenated alkanes) is 26. The lowest BCUT2D eigenvalue weighted by molar-refractivity contribution is -0.167. The van der Waals surface area contributed by atoms with Gasteiger partial charge in [0.25, 0.3) is 0 Å². The van der Waals surface area contributed by atoms with E-state index in [0.717, 1.165) is 116 Å². The van der Waals surface area contributed by atoms with E-state index in [1.165, 1.54) is 103 Å². The van der Waals surface area contributed by atoms with E-state index in [1.807, 2.05) is 0 Å². The number of allylic oxidation sites excluding steroid dienone is 18. The molecule has 0 aliphatic heterocycles. The highest BCUT2D eigenvalue weighted by Gasteiger charge is 2.19. The second-order valence-corrected chi connectivity index (χ2v) is 18.9. The van der Waals surface area contributed by atoms with Crippen molar-refractivity contribution in [2.45, 2.75) is 264 Å². The molecule has 0 amide bonds. The fourth-order valence-corrected chi connectivity index (χ4v) is 7.81. The van der Waals surface area contributed by atoms with E-state index in [-0.39, 0.29) is 31.1 Å². The van der Waals surface area contributed by atoms with Crippen molar-refractivity contribution in [2.24, 2.45) is 0 Å². The molecule has 0 heterocycles. The molecule has 0 saturated heterocycles. The highest BCUT2D eigenvalue weighted by Crippen LogP contribution is 2.15. The molecule has 0 rings (SSSR count). The van der Waals surface area contributed by atoms with Gasteiger partial charge in [0.1, 0.15) is 13.2 Å². The Labute approximate surface area is 431 Å². The summed E-state index contributed by atoms with van der Waals surface area (Å²) in [5.41, 5.74) is 0. The molecule has 1 atom stereocenters. The topological polar surface area (TPSA) is 78.9 Å². The molecule has 0 N–H and O–H groups in total. The molecule has 0 saturated carbocycles. The molecule has 0 aliphatic rings. The van der Waals surface area contributed by atoms with Crippen LogP contribution in [0.25, 0.3) is 0 Å². The minimum absolute atomic E-state index is 0.0947. The summed E-state index contributed by atoms with van der Waals surface area (Å²) < 4.78 is 16.9. The lowest BCUT2D eigenvalue weighted by Crippen LogP contribution is -2.30. The number of hydrogen-bond acceptors (Lipinski definition) is 6. The van der Waals surface area contributed by atoms with Gasteiger partial charge in [-0.1, -0.05) is 252 Å². The van der Waals surface area contributed by atoms with E-state index in [9.17, 15) is 14.4 Å². The van der Waals surface area contributed by atoms with Crippen LogP contribution in [0, 0.1) is 0 Å². The molecule has 0 aromatic rings. The van der Waals surface area contributed by atoms with Gasteiger partial charge in [0, 0.05) is 19.3 Å². The first-order valence-corrected chi connectivity index (χ1v) is 29.0. The Kier molecular flexibility index (Phi) is 54.4. The highest BCUT2D eigenvalue weighted by molar-refractivity contribution is 5.71.